The number of hydrogen-bond acceptors (Lipinski definition) is 6. The zero-order chi connectivity index (χ0) is 12.5. The van der Waals surface area contributed by atoms with E-state index in [0.717, 1.165) is 21.9 Å². The van der Waals surface area contributed by atoms with Crippen LogP contribution in [0.2, 0.25) is 0 Å². The van der Waals surface area contributed by atoms with Crippen LogP contribution in [0.3, 0.4) is 0 Å². The number of hydrogen-bond donors (Lipinski definition) is 0. The lowest BCUT2D eigenvalue weighted by atomic mass is 10.3. The first-order valence-electron chi connectivity index (χ1n) is 5.21. The van der Waals surface area contributed by atoms with Crippen molar-refractivity contribution < 1.29 is 4.42 Å². The van der Waals surface area contributed by atoms with Crippen LogP contribution >= 0.6 is 11.3 Å². The third-order valence-electron chi connectivity index (χ3n) is 2.59. The molecule has 0 saturated carbocycles. The fraction of sp³-hybridized carbons (Fsp3) is 0.0833. The maximum Gasteiger partial charge on any atom is 0.190 e. The molecule has 0 unspecified atom stereocenters. The van der Waals surface area contributed by atoms with Crippen molar-refractivity contribution >= 4 is 33.3 Å². The van der Waals surface area contributed by atoms with Gasteiger partial charge in [0.1, 0.15) is 16.5 Å². The van der Waals surface area contributed by atoms with E-state index in [1.54, 1.807) is 6.20 Å². The number of nitrogens with zero attached hydrogens (tertiary/aromatic N) is 4. The lowest BCUT2D eigenvalue weighted by Crippen LogP contribution is -2.08. The van der Waals surface area contributed by atoms with Crippen molar-refractivity contribution in [3.8, 4) is 6.07 Å². The van der Waals surface area contributed by atoms with Crippen molar-refractivity contribution in [3.05, 3.63) is 35.7 Å². The number of rotatable bonds is 2. The van der Waals surface area contributed by atoms with Gasteiger partial charge in [-0.2, -0.15) is 5.26 Å². The highest BCUT2D eigenvalue weighted by molar-refractivity contribution is 7.16. The number of oxazole rings is 1. The summed E-state index contributed by atoms with van der Waals surface area (Å²) in [6.45, 7) is 0. The van der Waals surface area contributed by atoms with Crippen LogP contribution in [0, 0.1) is 11.3 Å². The molecule has 0 fully saturated rings. The standard InChI is InChI=1S/C12H8N4OS/c1-16(12-14-6-9(5-13)18-12)8-2-3-10-11(4-8)17-7-15-10/h2-4,6-7H,1H3. The van der Waals surface area contributed by atoms with Crippen LogP contribution in [0.25, 0.3) is 11.1 Å². The van der Waals surface area contributed by atoms with Crippen LogP contribution in [0.1, 0.15) is 4.88 Å². The predicted octanol–water partition coefficient (Wildman–Crippen LogP) is 2.92. The van der Waals surface area contributed by atoms with E-state index in [0.29, 0.717) is 4.88 Å². The molecule has 5 nitrogen and oxygen atoms in total. The van der Waals surface area contributed by atoms with Crippen LogP contribution in [-0.2, 0) is 0 Å². The van der Waals surface area contributed by atoms with Gasteiger partial charge < -0.3 is 9.32 Å². The Bertz CT molecular complexity index is 740. The fourth-order valence-electron chi connectivity index (χ4n) is 1.63. The third-order valence-corrected chi connectivity index (χ3v) is 3.57. The molecule has 18 heavy (non-hydrogen) atoms. The molecule has 0 radical (unpaired) electrons. The molecular formula is C12H8N4OS. The monoisotopic (exact) mass is 256 g/mol. The minimum atomic E-state index is 0.595. The number of thiazole rings is 1. The summed E-state index contributed by atoms with van der Waals surface area (Å²) in [4.78, 5) is 10.8. The molecular weight excluding hydrogens is 248 g/mol. The topological polar surface area (TPSA) is 66.0 Å². The highest BCUT2D eigenvalue weighted by Gasteiger charge is 2.10. The van der Waals surface area contributed by atoms with E-state index in [9.17, 15) is 0 Å². The molecule has 0 aliphatic heterocycles. The Kier molecular flexibility index (Phi) is 2.46. The van der Waals surface area contributed by atoms with E-state index >= 15 is 0 Å². The molecule has 0 spiro atoms. The number of anilines is 2. The molecule has 1 aromatic carbocycles. The van der Waals surface area contributed by atoms with E-state index in [-0.39, 0.29) is 0 Å². The lowest BCUT2D eigenvalue weighted by molar-refractivity contribution is 0.602. The van der Waals surface area contributed by atoms with Gasteiger partial charge in [0.05, 0.1) is 6.20 Å². The van der Waals surface area contributed by atoms with Crippen molar-refractivity contribution in [3.63, 3.8) is 0 Å². The summed E-state index contributed by atoms with van der Waals surface area (Å²) in [7, 11) is 1.90. The quantitative estimate of drug-likeness (QED) is 0.705. The molecule has 3 rings (SSSR count). The average molecular weight is 256 g/mol. The highest BCUT2D eigenvalue weighted by Crippen LogP contribution is 2.29. The van der Waals surface area contributed by atoms with E-state index in [1.165, 1.54) is 17.7 Å². The van der Waals surface area contributed by atoms with Gasteiger partial charge in [-0.1, -0.05) is 11.3 Å². The second-order valence-electron chi connectivity index (χ2n) is 3.68. The lowest BCUT2D eigenvalue weighted by Gasteiger charge is -2.15. The van der Waals surface area contributed by atoms with E-state index in [1.807, 2.05) is 30.1 Å². The number of fused-ring (bicyclic) bond motifs is 1. The first kappa shape index (κ1) is 10.7. The van der Waals surface area contributed by atoms with Gasteiger partial charge in [0.25, 0.3) is 0 Å². The Hall–Kier alpha value is -2.39. The van der Waals surface area contributed by atoms with Gasteiger partial charge in [-0.15, -0.1) is 0 Å². The summed E-state index contributed by atoms with van der Waals surface area (Å²) in [5.74, 6) is 0. The number of nitriles is 1. The Labute approximate surface area is 107 Å². The minimum Gasteiger partial charge on any atom is -0.443 e. The Morgan fingerprint density at radius 1 is 1.39 bits per heavy atom. The molecule has 88 valence electrons. The highest BCUT2D eigenvalue weighted by atomic mass is 32.1. The molecule has 0 aliphatic rings. The van der Waals surface area contributed by atoms with Gasteiger partial charge in [0, 0.05) is 18.8 Å². The van der Waals surface area contributed by atoms with Crippen LogP contribution in [-0.4, -0.2) is 17.0 Å². The molecule has 0 N–H and O–H groups in total. The van der Waals surface area contributed by atoms with E-state index < -0.39 is 0 Å². The maximum atomic E-state index is 8.80. The largest absolute Gasteiger partial charge is 0.443 e. The molecule has 2 aromatic heterocycles. The summed E-state index contributed by atoms with van der Waals surface area (Å²) < 4.78 is 5.26. The molecule has 0 saturated heterocycles. The van der Waals surface area contributed by atoms with Crippen molar-refractivity contribution in [2.24, 2.45) is 0 Å². The van der Waals surface area contributed by atoms with Gasteiger partial charge >= 0.3 is 0 Å². The van der Waals surface area contributed by atoms with Crippen LogP contribution < -0.4 is 4.90 Å². The summed E-state index contributed by atoms with van der Waals surface area (Å²) in [5.41, 5.74) is 2.50. The molecule has 2 heterocycles. The van der Waals surface area contributed by atoms with Gasteiger partial charge in [-0.05, 0) is 12.1 Å². The number of benzene rings is 1. The van der Waals surface area contributed by atoms with Crippen molar-refractivity contribution in [2.45, 2.75) is 0 Å². The zero-order valence-electron chi connectivity index (χ0n) is 9.49. The van der Waals surface area contributed by atoms with E-state index in [2.05, 4.69) is 16.0 Å². The zero-order valence-corrected chi connectivity index (χ0v) is 10.3. The van der Waals surface area contributed by atoms with Gasteiger partial charge in [0.2, 0.25) is 0 Å². The minimum absolute atomic E-state index is 0.595. The summed E-state index contributed by atoms with van der Waals surface area (Å²) in [5, 5.41) is 9.56. The second-order valence-corrected chi connectivity index (χ2v) is 4.69. The molecule has 0 amide bonds. The normalized spacial score (nSPS) is 10.4. The molecule has 0 aliphatic carbocycles. The predicted molar refractivity (Wildman–Crippen MR) is 68.9 cm³/mol. The Morgan fingerprint density at radius 3 is 3.06 bits per heavy atom. The molecule has 0 bridgehead atoms. The van der Waals surface area contributed by atoms with Crippen molar-refractivity contribution in [1.29, 1.82) is 5.26 Å². The average Bonchev–Trinajstić information content (AvgIpc) is 3.05. The maximum absolute atomic E-state index is 8.80. The smallest absolute Gasteiger partial charge is 0.190 e. The Morgan fingerprint density at radius 2 is 2.28 bits per heavy atom. The third kappa shape index (κ3) is 1.71. The SMILES string of the molecule is CN(c1ccc2ncoc2c1)c1ncc(C#N)s1. The van der Waals surface area contributed by atoms with Crippen molar-refractivity contribution in [1.82, 2.24) is 9.97 Å². The van der Waals surface area contributed by atoms with Crippen molar-refractivity contribution in [2.75, 3.05) is 11.9 Å². The second kappa shape index (κ2) is 4.13. The molecule has 6 heteroatoms. The van der Waals surface area contributed by atoms with Crippen LogP contribution in [0.5, 0.6) is 0 Å². The summed E-state index contributed by atoms with van der Waals surface area (Å²) in [6.07, 6.45) is 3.00. The molecule has 0 atom stereocenters. The first-order chi connectivity index (χ1) is 8.78. The fourth-order valence-corrected chi connectivity index (χ4v) is 2.33. The van der Waals surface area contributed by atoms with Gasteiger partial charge in [0.15, 0.2) is 17.1 Å². The van der Waals surface area contributed by atoms with E-state index in [4.69, 9.17) is 9.68 Å². The van der Waals surface area contributed by atoms with Crippen LogP contribution in [0.15, 0.2) is 35.2 Å². The van der Waals surface area contributed by atoms with Crippen LogP contribution in [0.4, 0.5) is 10.8 Å². The summed E-state index contributed by atoms with van der Waals surface area (Å²) in [6, 6.07) is 7.81. The van der Waals surface area contributed by atoms with Gasteiger partial charge in [-0.3, -0.25) is 0 Å². The summed E-state index contributed by atoms with van der Waals surface area (Å²) >= 11 is 1.35. The Balaban J connectivity index is 2.00. The number of aromatic nitrogens is 2. The molecule has 3 aromatic rings. The van der Waals surface area contributed by atoms with Gasteiger partial charge in [-0.25, -0.2) is 9.97 Å². The first-order valence-corrected chi connectivity index (χ1v) is 6.02.